The molecule has 1 aromatic carbocycles. The summed E-state index contributed by atoms with van der Waals surface area (Å²) in [5.41, 5.74) is 7.59. The van der Waals surface area contributed by atoms with Gasteiger partial charge in [-0.1, -0.05) is 45.9 Å². The van der Waals surface area contributed by atoms with E-state index in [-0.39, 0.29) is 12.1 Å². The second-order valence-electron chi connectivity index (χ2n) is 6.49. The van der Waals surface area contributed by atoms with Crippen LogP contribution in [0.15, 0.2) is 24.3 Å². The van der Waals surface area contributed by atoms with Crippen molar-refractivity contribution in [2.75, 3.05) is 0 Å². The first kappa shape index (κ1) is 14.4. The van der Waals surface area contributed by atoms with Crippen LogP contribution >= 0.6 is 0 Å². The summed E-state index contributed by atoms with van der Waals surface area (Å²) in [6.45, 7) is 8.95. The summed E-state index contributed by atoms with van der Waals surface area (Å²) in [4.78, 5) is 0. The van der Waals surface area contributed by atoms with E-state index >= 15 is 0 Å². The summed E-state index contributed by atoms with van der Waals surface area (Å²) in [7, 11) is 0. The monoisotopic (exact) mass is 261 g/mol. The highest BCUT2D eigenvalue weighted by Gasteiger charge is 2.33. The Bertz CT molecular complexity index is 403. The summed E-state index contributed by atoms with van der Waals surface area (Å²) in [5.74, 6) is 2.73. The molecule has 2 rings (SSSR count). The van der Waals surface area contributed by atoms with Crippen molar-refractivity contribution < 1.29 is 4.74 Å². The van der Waals surface area contributed by atoms with Crippen LogP contribution in [0.5, 0.6) is 5.75 Å². The molecule has 0 spiro atoms. The van der Waals surface area contributed by atoms with E-state index in [1.165, 1.54) is 12.0 Å². The number of para-hydroxylation sites is 1. The van der Waals surface area contributed by atoms with Crippen LogP contribution in [-0.4, -0.2) is 12.1 Å². The van der Waals surface area contributed by atoms with Crippen molar-refractivity contribution in [2.24, 2.45) is 17.6 Å². The average molecular weight is 261 g/mol. The summed E-state index contributed by atoms with van der Waals surface area (Å²) < 4.78 is 6.30. The lowest BCUT2D eigenvalue weighted by Gasteiger charge is -2.38. The lowest BCUT2D eigenvalue weighted by molar-refractivity contribution is 0.0616. The normalized spacial score (nSPS) is 31.5. The lowest BCUT2D eigenvalue weighted by Crippen LogP contribution is -2.48. The van der Waals surface area contributed by atoms with E-state index in [0.717, 1.165) is 12.2 Å². The highest BCUT2D eigenvalue weighted by molar-refractivity contribution is 5.35. The van der Waals surface area contributed by atoms with Gasteiger partial charge in [0.05, 0.1) is 0 Å². The van der Waals surface area contributed by atoms with Crippen molar-refractivity contribution in [1.82, 2.24) is 0 Å². The molecule has 4 unspecified atom stereocenters. The zero-order valence-electron chi connectivity index (χ0n) is 12.6. The van der Waals surface area contributed by atoms with Gasteiger partial charge in [0, 0.05) is 6.04 Å². The smallest absolute Gasteiger partial charge is 0.123 e. The molecule has 1 aliphatic carbocycles. The summed E-state index contributed by atoms with van der Waals surface area (Å²) in [6, 6.07) is 8.50. The first-order valence-corrected chi connectivity index (χ1v) is 7.50. The van der Waals surface area contributed by atoms with Gasteiger partial charge in [-0.15, -0.1) is 0 Å². The van der Waals surface area contributed by atoms with Gasteiger partial charge in [-0.3, -0.25) is 0 Å². The third-order valence-corrected chi connectivity index (χ3v) is 4.24. The Hall–Kier alpha value is -1.02. The Labute approximate surface area is 117 Å². The van der Waals surface area contributed by atoms with Gasteiger partial charge >= 0.3 is 0 Å². The van der Waals surface area contributed by atoms with E-state index in [4.69, 9.17) is 10.5 Å². The van der Waals surface area contributed by atoms with Gasteiger partial charge in [-0.25, -0.2) is 0 Å². The first-order valence-electron chi connectivity index (χ1n) is 7.50. The molecule has 19 heavy (non-hydrogen) atoms. The molecule has 1 saturated carbocycles. The van der Waals surface area contributed by atoms with E-state index in [2.05, 4.69) is 45.9 Å². The molecule has 0 bridgehead atoms. The van der Waals surface area contributed by atoms with E-state index in [1.807, 2.05) is 6.07 Å². The zero-order chi connectivity index (χ0) is 14.0. The third kappa shape index (κ3) is 3.30. The molecule has 1 aliphatic rings. The number of nitrogens with two attached hydrogens (primary N) is 1. The van der Waals surface area contributed by atoms with E-state index < -0.39 is 0 Å². The van der Waals surface area contributed by atoms with Gasteiger partial charge < -0.3 is 10.5 Å². The van der Waals surface area contributed by atoms with Crippen LogP contribution in [-0.2, 0) is 0 Å². The van der Waals surface area contributed by atoms with Crippen molar-refractivity contribution in [2.45, 2.75) is 58.6 Å². The fraction of sp³-hybridized carbons (Fsp3) is 0.647. The van der Waals surface area contributed by atoms with E-state index in [1.54, 1.807) is 0 Å². The molecule has 2 nitrogen and oxygen atoms in total. The third-order valence-electron chi connectivity index (χ3n) is 4.24. The standard InChI is InChI=1S/C17H27NO/c1-11(2)14-7-5-6-8-16(14)19-17-13(4)9-12(3)10-15(17)18/h5-8,11-13,15,17H,9-10,18H2,1-4H3. The number of hydrogen-bond donors (Lipinski definition) is 1. The summed E-state index contributed by atoms with van der Waals surface area (Å²) >= 11 is 0. The van der Waals surface area contributed by atoms with Gasteiger partial charge in [0.1, 0.15) is 11.9 Å². The minimum absolute atomic E-state index is 0.149. The summed E-state index contributed by atoms with van der Waals surface area (Å²) in [5, 5.41) is 0. The van der Waals surface area contributed by atoms with E-state index in [0.29, 0.717) is 17.8 Å². The molecule has 0 heterocycles. The van der Waals surface area contributed by atoms with Crippen LogP contribution in [0.25, 0.3) is 0 Å². The average Bonchev–Trinajstić information content (AvgIpc) is 2.34. The van der Waals surface area contributed by atoms with Crippen molar-refractivity contribution in [1.29, 1.82) is 0 Å². The largest absolute Gasteiger partial charge is 0.488 e. The fourth-order valence-corrected chi connectivity index (χ4v) is 3.30. The van der Waals surface area contributed by atoms with Crippen LogP contribution in [0, 0.1) is 11.8 Å². The van der Waals surface area contributed by atoms with E-state index in [9.17, 15) is 0 Å². The highest BCUT2D eigenvalue weighted by atomic mass is 16.5. The second kappa shape index (κ2) is 5.96. The zero-order valence-corrected chi connectivity index (χ0v) is 12.6. The minimum atomic E-state index is 0.149. The molecule has 2 N–H and O–H groups in total. The van der Waals surface area contributed by atoms with Gasteiger partial charge in [-0.2, -0.15) is 0 Å². The minimum Gasteiger partial charge on any atom is -0.488 e. The fourth-order valence-electron chi connectivity index (χ4n) is 3.30. The number of hydrogen-bond acceptors (Lipinski definition) is 2. The van der Waals surface area contributed by atoms with Gasteiger partial charge in [0.2, 0.25) is 0 Å². The van der Waals surface area contributed by atoms with Crippen LogP contribution < -0.4 is 10.5 Å². The Morgan fingerprint density at radius 3 is 2.47 bits per heavy atom. The van der Waals surface area contributed by atoms with Crippen molar-refractivity contribution in [3.05, 3.63) is 29.8 Å². The predicted octanol–water partition coefficient (Wildman–Crippen LogP) is 3.95. The summed E-state index contributed by atoms with van der Waals surface area (Å²) in [6.07, 6.45) is 2.43. The molecule has 106 valence electrons. The van der Waals surface area contributed by atoms with Crippen molar-refractivity contribution in [3.63, 3.8) is 0 Å². The number of rotatable bonds is 3. The highest BCUT2D eigenvalue weighted by Crippen LogP contribution is 2.33. The van der Waals surface area contributed by atoms with Crippen LogP contribution in [0.4, 0.5) is 0 Å². The molecular weight excluding hydrogens is 234 g/mol. The molecule has 0 amide bonds. The van der Waals surface area contributed by atoms with Crippen molar-refractivity contribution in [3.8, 4) is 5.75 Å². The first-order chi connectivity index (χ1) is 8.99. The molecular formula is C17H27NO. The predicted molar refractivity (Wildman–Crippen MR) is 80.5 cm³/mol. The van der Waals surface area contributed by atoms with Crippen LogP contribution in [0.2, 0.25) is 0 Å². The van der Waals surface area contributed by atoms with Crippen LogP contribution in [0.3, 0.4) is 0 Å². The molecule has 2 heteroatoms. The Kier molecular flexibility index (Phi) is 4.51. The molecule has 0 radical (unpaired) electrons. The number of benzene rings is 1. The molecule has 4 atom stereocenters. The number of ether oxygens (including phenoxy) is 1. The Balaban J connectivity index is 2.16. The molecule has 0 aromatic heterocycles. The van der Waals surface area contributed by atoms with Gasteiger partial charge in [0.15, 0.2) is 0 Å². The lowest BCUT2D eigenvalue weighted by atomic mass is 9.78. The molecule has 1 aromatic rings. The maximum absolute atomic E-state index is 6.31. The Morgan fingerprint density at radius 2 is 1.84 bits per heavy atom. The maximum atomic E-state index is 6.31. The van der Waals surface area contributed by atoms with Crippen LogP contribution in [0.1, 0.15) is 52.0 Å². The molecule has 0 aliphatic heterocycles. The van der Waals surface area contributed by atoms with Gasteiger partial charge in [-0.05, 0) is 42.2 Å². The molecule has 0 saturated heterocycles. The topological polar surface area (TPSA) is 35.2 Å². The SMILES string of the molecule is CC1CC(C)C(Oc2ccccc2C(C)C)C(N)C1. The Morgan fingerprint density at radius 1 is 1.16 bits per heavy atom. The second-order valence-corrected chi connectivity index (χ2v) is 6.49. The van der Waals surface area contributed by atoms with Gasteiger partial charge in [0.25, 0.3) is 0 Å². The van der Waals surface area contributed by atoms with Crippen molar-refractivity contribution >= 4 is 0 Å². The maximum Gasteiger partial charge on any atom is 0.123 e. The quantitative estimate of drug-likeness (QED) is 0.894. The molecule has 1 fully saturated rings.